The van der Waals surface area contributed by atoms with Gasteiger partial charge in [0.1, 0.15) is 18.4 Å². The van der Waals surface area contributed by atoms with Crippen molar-refractivity contribution in [2.45, 2.75) is 13.1 Å². The first-order valence-corrected chi connectivity index (χ1v) is 7.88. The van der Waals surface area contributed by atoms with Crippen molar-refractivity contribution in [3.05, 3.63) is 66.2 Å². The lowest BCUT2D eigenvalue weighted by molar-refractivity contribution is -0.137. The minimum absolute atomic E-state index is 0.0480. The number of halogens is 3. The van der Waals surface area contributed by atoms with Crippen LogP contribution in [0.4, 0.5) is 18.9 Å². The molecule has 27 heavy (non-hydrogen) atoms. The van der Waals surface area contributed by atoms with Crippen molar-refractivity contribution in [2.75, 3.05) is 11.9 Å². The summed E-state index contributed by atoms with van der Waals surface area (Å²) in [6.45, 7) is 1.52. The van der Waals surface area contributed by atoms with Crippen LogP contribution in [0.2, 0.25) is 0 Å². The fourth-order valence-corrected chi connectivity index (χ4v) is 2.39. The quantitative estimate of drug-likeness (QED) is 0.739. The molecule has 2 aromatic carbocycles. The van der Waals surface area contributed by atoms with Gasteiger partial charge < -0.3 is 10.1 Å². The highest BCUT2D eigenvalue weighted by Gasteiger charge is 2.31. The fraction of sp³-hybridized carbons (Fsp3) is 0.167. The Kier molecular flexibility index (Phi) is 5.11. The minimum Gasteiger partial charge on any atom is -0.484 e. The number of nitrogens with one attached hydrogen (secondary N) is 1. The van der Waals surface area contributed by atoms with E-state index in [1.165, 1.54) is 23.4 Å². The number of ether oxygens (including phenoxy) is 1. The second kappa shape index (κ2) is 7.48. The highest BCUT2D eigenvalue weighted by atomic mass is 19.4. The van der Waals surface area contributed by atoms with E-state index < -0.39 is 17.6 Å². The predicted molar refractivity (Wildman–Crippen MR) is 91.7 cm³/mol. The first kappa shape index (κ1) is 18.4. The minimum atomic E-state index is -4.54. The van der Waals surface area contributed by atoms with Gasteiger partial charge in [0.25, 0.3) is 5.91 Å². The highest BCUT2D eigenvalue weighted by molar-refractivity contribution is 5.94. The van der Waals surface area contributed by atoms with Gasteiger partial charge in [-0.25, -0.2) is 9.67 Å². The molecule has 3 aromatic rings. The molecule has 3 rings (SSSR count). The topological polar surface area (TPSA) is 69.0 Å². The van der Waals surface area contributed by atoms with Gasteiger partial charge in [-0.3, -0.25) is 4.79 Å². The molecule has 9 heteroatoms. The Hall–Kier alpha value is -3.36. The fourth-order valence-electron chi connectivity index (χ4n) is 2.39. The number of benzene rings is 2. The van der Waals surface area contributed by atoms with Crippen LogP contribution in [-0.2, 0) is 11.0 Å². The van der Waals surface area contributed by atoms with E-state index in [9.17, 15) is 18.0 Å². The summed E-state index contributed by atoms with van der Waals surface area (Å²) in [6, 6.07) is 10.1. The lowest BCUT2D eigenvalue weighted by Crippen LogP contribution is -2.21. The van der Waals surface area contributed by atoms with Crippen LogP contribution < -0.4 is 10.1 Å². The molecule has 0 fully saturated rings. The second-order valence-corrected chi connectivity index (χ2v) is 5.72. The van der Waals surface area contributed by atoms with Gasteiger partial charge >= 0.3 is 6.18 Å². The van der Waals surface area contributed by atoms with Crippen LogP contribution in [0.25, 0.3) is 5.69 Å². The summed E-state index contributed by atoms with van der Waals surface area (Å²) in [5, 5.41) is 6.33. The standard InChI is InChI=1S/C18H15F3N4O2/c1-12-3-2-4-14(7-12)27-9-17(26)24-15-8-13(18(19,20)21)5-6-16(15)25-11-22-10-23-25/h2-8,10-11H,9H2,1H3,(H,24,26). The maximum Gasteiger partial charge on any atom is 0.416 e. The Morgan fingerprint density at radius 1 is 1.22 bits per heavy atom. The molecule has 0 saturated carbocycles. The highest BCUT2D eigenvalue weighted by Crippen LogP contribution is 2.33. The molecule has 0 atom stereocenters. The van der Waals surface area contributed by atoms with Crippen molar-refractivity contribution in [1.82, 2.24) is 14.8 Å². The van der Waals surface area contributed by atoms with Gasteiger partial charge in [0.2, 0.25) is 0 Å². The third-order valence-electron chi connectivity index (χ3n) is 3.62. The molecule has 1 N–H and O–H groups in total. The zero-order valence-electron chi connectivity index (χ0n) is 14.2. The van der Waals surface area contributed by atoms with Gasteiger partial charge in [-0.05, 0) is 42.8 Å². The van der Waals surface area contributed by atoms with E-state index in [-0.39, 0.29) is 18.0 Å². The van der Waals surface area contributed by atoms with Crippen LogP contribution >= 0.6 is 0 Å². The van der Waals surface area contributed by atoms with Crippen molar-refractivity contribution in [3.63, 3.8) is 0 Å². The van der Waals surface area contributed by atoms with E-state index in [1.54, 1.807) is 18.2 Å². The van der Waals surface area contributed by atoms with Gasteiger partial charge in [-0.15, -0.1) is 0 Å². The monoisotopic (exact) mass is 376 g/mol. The van der Waals surface area contributed by atoms with Gasteiger partial charge in [0.15, 0.2) is 6.61 Å². The van der Waals surface area contributed by atoms with Crippen LogP contribution in [0.1, 0.15) is 11.1 Å². The zero-order chi connectivity index (χ0) is 19.4. The van der Waals surface area contributed by atoms with Crippen molar-refractivity contribution >= 4 is 11.6 Å². The molecular formula is C18H15F3N4O2. The van der Waals surface area contributed by atoms with Crippen LogP contribution in [0, 0.1) is 6.92 Å². The third-order valence-corrected chi connectivity index (χ3v) is 3.62. The van der Waals surface area contributed by atoms with Crippen LogP contribution in [-0.4, -0.2) is 27.3 Å². The molecule has 0 spiro atoms. The summed E-state index contributed by atoms with van der Waals surface area (Å²) < 4.78 is 45.7. The first-order chi connectivity index (χ1) is 12.8. The molecule has 0 radical (unpaired) electrons. The van der Waals surface area contributed by atoms with E-state index in [2.05, 4.69) is 15.4 Å². The number of anilines is 1. The van der Waals surface area contributed by atoms with E-state index in [4.69, 9.17) is 4.74 Å². The van der Waals surface area contributed by atoms with Gasteiger partial charge in [-0.2, -0.15) is 18.3 Å². The molecule has 0 aliphatic heterocycles. The largest absolute Gasteiger partial charge is 0.484 e. The Morgan fingerprint density at radius 3 is 2.70 bits per heavy atom. The number of alkyl halides is 3. The number of hydrogen-bond acceptors (Lipinski definition) is 4. The van der Waals surface area contributed by atoms with E-state index in [0.29, 0.717) is 5.75 Å². The van der Waals surface area contributed by atoms with E-state index in [1.807, 2.05) is 13.0 Å². The normalized spacial score (nSPS) is 11.3. The molecule has 0 aliphatic rings. The number of aryl methyl sites for hydroxylation is 1. The van der Waals surface area contributed by atoms with Crippen molar-refractivity contribution in [2.24, 2.45) is 0 Å². The van der Waals surface area contributed by atoms with Gasteiger partial charge in [-0.1, -0.05) is 12.1 Å². The Morgan fingerprint density at radius 2 is 2.04 bits per heavy atom. The Bertz CT molecular complexity index is 940. The molecule has 1 heterocycles. The summed E-state index contributed by atoms with van der Waals surface area (Å²) in [5.74, 6) is -0.108. The Balaban J connectivity index is 1.80. The summed E-state index contributed by atoms with van der Waals surface area (Å²) in [5.41, 5.74) is 0.276. The van der Waals surface area contributed by atoms with Crippen LogP contribution in [0.15, 0.2) is 55.1 Å². The summed E-state index contributed by atoms with van der Waals surface area (Å²) in [6.07, 6.45) is -1.98. The summed E-state index contributed by atoms with van der Waals surface area (Å²) in [7, 11) is 0. The average Bonchev–Trinajstić information content (AvgIpc) is 3.13. The lowest BCUT2D eigenvalue weighted by atomic mass is 10.1. The van der Waals surface area contributed by atoms with E-state index in [0.717, 1.165) is 17.7 Å². The molecule has 0 unspecified atom stereocenters. The van der Waals surface area contributed by atoms with Gasteiger partial charge in [0.05, 0.1) is 16.9 Å². The average molecular weight is 376 g/mol. The molecule has 6 nitrogen and oxygen atoms in total. The molecule has 1 amide bonds. The molecular weight excluding hydrogens is 361 g/mol. The number of aromatic nitrogens is 3. The summed E-state index contributed by atoms with van der Waals surface area (Å²) in [4.78, 5) is 16.0. The number of amides is 1. The lowest BCUT2D eigenvalue weighted by Gasteiger charge is -2.14. The van der Waals surface area contributed by atoms with E-state index >= 15 is 0 Å². The predicted octanol–water partition coefficient (Wildman–Crippen LogP) is 3.61. The zero-order valence-corrected chi connectivity index (χ0v) is 14.2. The smallest absolute Gasteiger partial charge is 0.416 e. The summed E-state index contributed by atoms with van der Waals surface area (Å²) >= 11 is 0. The third kappa shape index (κ3) is 4.63. The maximum atomic E-state index is 13.0. The molecule has 0 aliphatic carbocycles. The number of carbonyl (C=O) groups is 1. The SMILES string of the molecule is Cc1cccc(OCC(=O)Nc2cc(C(F)(F)F)ccc2-n2cncn2)c1. The number of hydrogen-bond donors (Lipinski definition) is 1. The molecule has 0 bridgehead atoms. The van der Waals surface area contributed by atoms with Crippen LogP contribution in [0.5, 0.6) is 5.75 Å². The van der Waals surface area contributed by atoms with Crippen molar-refractivity contribution in [1.29, 1.82) is 0 Å². The van der Waals surface area contributed by atoms with Crippen molar-refractivity contribution in [3.8, 4) is 11.4 Å². The number of rotatable bonds is 5. The first-order valence-electron chi connectivity index (χ1n) is 7.88. The second-order valence-electron chi connectivity index (χ2n) is 5.72. The van der Waals surface area contributed by atoms with Crippen LogP contribution in [0.3, 0.4) is 0 Å². The molecule has 1 aromatic heterocycles. The molecule has 0 saturated heterocycles. The van der Waals surface area contributed by atoms with Crippen molar-refractivity contribution < 1.29 is 22.7 Å². The van der Waals surface area contributed by atoms with Gasteiger partial charge in [0, 0.05) is 0 Å². The number of nitrogens with zero attached hydrogens (tertiary/aromatic N) is 3. The Labute approximate surface area is 152 Å². The maximum absolute atomic E-state index is 13.0. The number of carbonyl (C=O) groups excluding carboxylic acids is 1. The molecule has 140 valence electrons.